The molecular weight excluding hydrogens is 224 g/mol. The van der Waals surface area contributed by atoms with E-state index in [0.29, 0.717) is 12.8 Å². The van der Waals surface area contributed by atoms with Crippen molar-refractivity contribution < 1.29 is 22.1 Å². The summed E-state index contributed by atoms with van der Waals surface area (Å²) < 4.78 is 53.0. The Bertz CT molecular complexity index is 422. The maximum absolute atomic E-state index is 13.2. The highest BCUT2D eigenvalue weighted by Gasteiger charge is 2.32. The Labute approximate surface area is 89.7 Å². The predicted octanol–water partition coefficient (Wildman–Crippen LogP) is 2.20. The molecule has 0 aliphatic rings. The molecule has 0 aliphatic heterocycles. The number of pyridine rings is 1. The van der Waals surface area contributed by atoms with Crippen LogP contribution in [0, 0.1) is 34.9 Å². The third-order valence-electron chi connectivity index (χ3n) is 2.12. The Morgan fingerprint density at radius 1 is 1.12 bits per heavy atom. The highest BCUT2D eigenvalue weighted by molar-refractivity contribution is 5.28. The van der Waals surface area contributed by atoms with Gasteiger partial charge in [-0.05, 0) is 0 Å². The lowest BCUT2D eigenvalue weighted by Gasteiger charge is -2.01. The lowest BCUT2D eigenvalue weighted by Crippen LogP contribution is -2.45. The number of hydrogen-bond acceptors (Lipinski definition) is 1. The molecule has 0 saturated heterocycles. The largest absolute Gasteiger partial charge is 0.399 e. The highest BCUT2D eigenvalue weighted by Crippen LogP contribution is 2.14. The normalized spacial score (nSPS) is 10.2. The first kappa shape index (κ1) is 12.4. The van der Waals surface area contributed by atoms with Crippen LogP contribution in [0.1, 0.15) is 25.3 Å². The van der Waals surface area contributed by atoms with Crippen LogP contribution in [0.15, 0.2) is 0 Å². The topological polar surface area (TPSA) is 27.7 Å². The number of aromatic nitrogens is 1. The molecule has 0 bridgehead atoms. The minimum Gasteiger partial charge on any atom is -0.195 e. The van der Waals surface area contributed by atoms with Crippen molar-refractivity contribution in [1.82, 2.24) is 0 Å². The Morgan fingerprint density at radius 2 is 1.62 bits per heavy atom. The van der Waals surface area contributed by atoms with Gasteiger partial charge in [0.15, 0.2) is 6.54 Å². The molecule has 0 fully saturated rings. The summed E-state index contributed by atoms with van der Waals surface area (Å²) in [4.78, 5) is 0. The van der Waals surface area contributed by atoms with Crippen molar-refractivity contribution in [2.45, 2.75) is 26.3 Å². The molecule has 0 saturated carbocycles. The van der Waals surface area contributed by atoms with Gasteiger partial charge in [-0.1, -0.05) is 13.3 Å². The van der Waals surface area contributed by atoms with Crippen molar-refractivity contribution in [3.63, 3.8) is 0 Å². The molecule has 0 unspecified atom stereocenters. The van der Waals surface area contributed by atoms with E-state index in [2.05, 4.69) is 0 Å². The van der Waals surface area contributed by atoms with Gasteiger partial charge < -0.3 is 0 Å². The van der Waals surface area contributed by atoms with E-state index in [-0.39, 0.29) is 11.1 Å². The van der Waals surface area contributed by atoms with Crippen LogP contribution in [0.2, 0.25) is 0 Å². The average Bonchev–Trinajstić information content (AvgIpc) is 2.27. The van der Waals surface area contributed by atoms with Crippen LogP contribution >= 0.6 is 0 Å². The molecule has 1 heterocycles. The van der Waals surface area contributed by atoms with E-state index in [1.165, 1.54) is 0 Å². The van der Waals surface area contributed by atoms with Gasteiger partial charge in [0.05, 0.1) is 0 Å². The van der Waals surface area contributed by atoms with Crippen LogP contribution in [0.5, 0.6) is 0 Å². The van der Waals surface area contributed by atoms with Gasteiger partial charge >= 0.3 is 11.9 Å². The van der Waals surface area contributed by atoms with Crippen molar-refractivity contribution in [3.05, 3.63) is 29.1 Å². The van der Waals surface area contributed by atoms with Gasteiger partial charge in [-0.2, -0.15) is 14.0 Å². The molecule has 0 radical (unpaired) electrons. The Morgan fingerprint density at radius 3 is 2.00 bits per heavy atom. The summed E-state index contributed by atoms with van der Waals surface area (Å²) in [6, 6.07) is 1.09. The first-order valence-electron chi connectivity index (χ1n) is 4.70. The number of hydrogen-bond donors (Lipinski definition) is 0. The van der Waals surface area contributed by atoms with E-state index in [9.17, 15) is 17.6 Å². The fourth-order valence-electron chi connectivity index (χ4n) is 1.24. The number of nitriles is 1. The second-order valence-corrected chi connectivity index (χ2v) is 3.20. The SMILES string of the molecule is CCCC[n+]1c(F)c(F)c(C#N)c(F)c1F. The Kier molecular flexibility index (Phi) is 3.82. The van der Waals surface area contributed by atoms with Gasteiger partial charge in [-0.15, -0.1) is 13.3 Å². The van der Waals surface area contributed by atoms with E-state index < -0.39 is 29.1 Å². The second kappa shape index (κ2) is 4.92. The smallest absolute Gasteiger partial charge is 0.195 e. The monoisotopic (exact) mass is 233 g/mol. The van der Waals surface area contributed by atoms with Gasteiger partial charge in [0.25, 0.3) is 0 Å². The first-order valence-corrected chi connectivity index (χ1v) is 4.70. The molecule has 0 amide bonds. The van der Waals surface area contributed by atoms with Crippen molar-refractivity contribution >= 4 is 0 Å². The molecule has 6 heteroatoms. The molecule has 0 spiro atoms. The van der Waals surface area contributed by atoms with Crippen LogP contribution in [0.25, 0.3) is 0 Å². The van der Waals surface area contributed by atoms with Crippen molar-refractivity contribution in [3.8, 4) is 6.07 Å². The maximum Gasteiger partial charge on any atom is 0.399 e. The van der Waals surface area contributed by atoms with Crippen molar-refractivity contribution in [2.24, 2.45) is 0 Å². The third kappa shape index (κ3) is 1.98. The van der Waals surface area contributed by atoms with E-state index in [1.807, 2.05) is 0 Å². The summed E-state index contributed by atoms with van der Waals surface area (Å²) in [7, 11) is 0. The number of rotatable bonds is 3. The molecular formula is C10H9F4N2+. The van der Waals surface area contributed by atoms with Crippen LogP contribution in [-0.4, -0.2) is 0 Å². The zero-order chi connectivity index (χ0) is 12.3. The summed E-state index contributed by atoms with van der Waals surface area (Å²) in [6.45, 7) is 1.60. The van der Waals surface area contributed by atoms with E-state index in [0.717, 1.165) is 6.07 Å². The molecule has 0 N–H and O–H groups in total. The Balaban J connectivity index is 3.37. The number of unbranched alkanes of at least 4 members (excludes halogenated alkanes) is 1. The maximum atomic E-state index is 13.2. The minimum atomic E-state index is -1.66. The van der Waals surface area contributed by atoms with Crippen molar-refractivity contribution in [1.29, 1.82) is 5.26 Å². The lowest BCUT2D eigenvalue weighted by atomic mass is 10.2. The highest BCUT2D eigenvalue weighted by atomic mass is 19.2. The minimum absolute atomic E-state index is 0.173. The molecule has 1 aromatic heterocycles. The van der Waals surface area contributed by atoms with Gasteiger partial charge in [0.1, 0.15) is 11.6 Å². The van der Waals surface area contributed by atoms with Gasteiger partial charge in [0, 0.05) is 6.42 Å². The number of nitrogens with zero attached hydrogens (tertiary/aromatic N) is 2. The molecule has 2 nitrogen and oxygen atoms in total. The molecule has 16 heavy (non-hydrogen) atoms. The summed E-state index contributed by atoms with van der Waals surface area (Å²) >= 11 is 0. The average molecular weight is 233 g/mol. The summed E-state index contributed by atoms with van der Waals surface area (Å²) in [5.41, 5.74) is -1.23. The molecule has 1 rings (SSSR count). The second-order valence-electron chi connectivity index (χ2n) is 3.20. The molecule has 0 aromatic carbocycles. The fraction of sp³-hybridized carbons (Fsp3) is 0.400. The third-order valence-corrected chi connectivity index (χ3v) is 2.12. The first-order chi connectivity index (χ1) is 7.54. The molecule has 0 aliphatic carbocycles. The molecule has 1 aromatic rings. The summed E-state index contributed by atoms with van der Waals surface area (Å²) in [5, 5.41) is 8.34. The number of halogens is 4. The van der Waals surface area contributed by atoms with Gasteiger partial charge in [-0.25, -0.2) is 0 Å². The Hall–Kier alpha value is -1.64. The van der Waals surface area contributed by atoms with Crippen LogP contribution in [0.3, 0.4) is 0 Å². The molecule has 86 valence electrons. The summed E-state index contributed by atoms with van der Waals surface area (Å²) in [5.74, 6) is -6.41. The zero-order valence-corrected chi connectivity index (χ0v) is 8.53. The van der Waals surface area contributed by atoms with Crippen LogP contribution in [0.4, 0.5) is 17.6 Å². The fourth-order valence-corrected chi connectivity index (χ4v) is 1.24. The van der Waals surface area contributed by atoms with Crippen LogP contribution < -0.4 is 4.57 Å². The quantitative estimate of drug-likeness (QED) is 0.447. The van der Waals surface area contributed by atoms with Crippen molar-refractivity contribution in [2.75, 3.05) is 0 Å². The zero-order valence-electron chi connectivity index (χ0n) is 8.53. The van der Waals surface area contributed by atoms with E-state index in [4.69, 9.17) is 5.26 Å². The van der Waals surface area contributed by atoms with E-state index in [1.54, 1.807) is 6.92 Å². The van der Waals surface area contributed by atoms with Gasteiger partial charge in [-0.3, -0.25) is 0 Å². The lowest BCUT2D eigenvalue weighted by molar-refractivity contribution is -0.753. The van der Waals surface area contributed by atoms with Crippen LogP contribution in [-0.2, 0) is 6.54 Å². The van der Waals surface area contributed by atoms with E-state index >= 15 is 0 Å². The molecule has 0 atom stereocenters. The van der Waals surface area contributed by atoms with Gasteiger partial charge in [0.2, 0.25) is 11.6 Å². The summed E-state index contributed by atoms with van der Waals surface area (Å²) in [6.07, 6.45) is 0.998. The predicted molar refractivity (Wildman–Crippen MR) is 46.1 cm³/mol. The standard InChI is InChI=1S/C10H9F4N2/c1-2-3-4-16-9(13)7(11)6(5-15)8(12)10(16)14/h2-4H2,1H3/q+1.